The highest BCUT2D eigenvalue weighted by molar-refractivity contribution is 9.10. The molecule has 2 rings (SSSR count). The van der Waals surface area contributed by atoms with Crippen molar-refractivity contribution in [3.05, 3.63) is 75.8 Å². The van der Waals surface area contributed by atoms with E-state index in [1.807, 2.05) is 18.2 Å². The Labute approximate surface area is 140 Å². The highest BCUT2D eigenvalue weighted by Crippen LogP contribution is 2.19. The second-order valence-electron chi connectivity index (χ2n) is 4.59. The second kappa shape index (κ2) is 7.65. The van der Waals surface area contributed by atoms with Crippen molar-refractivity contribution in [3.63, 3.8) is 0 Å². The molecule has 0 aliphatic heterocycles. The highest BCUT2D eigenvalue weighted by Gasteiger charge is 2.17. The summed E-state index contributed by atoms with van der Waals surface area (Å²) in [7, 11) is 0. The first-order valence-corrected chi connectivity index (χ1v) is 7.38. The molecular weight excluding hydrogens is 366 g/mol. The Morgan fingerprint density at radius 2 is 2.00 bits per heavy atom. The molecule has 0 heterocycles. The van der Waals surface area contributed by atoms with E-state index < -0.39 is 23.6 Å². The number of carbonyl (C=O) groups excluding carboxylic acids is 1. The molecule has 0 bridgehead atoms. The standard InChI is InChI=1S/C17H11BrF2N2O/c18-14-4-2-1-3-11(14)5-8-17(23)22-16(10-21)13-7-6-12(19)9-15(13)20/h1-9,16H,(H,22,23)/b8-5+. The Hall–Kier alpha value is -2.52. The minimum absolute atomic E-state index is 0.0865. The first-order chi connectivity index (χ1) is 11.0. The lowest BCUT2D eigenvalue weighted by atomic mass is 10.1. The van der Waals surface area contributed by atoms with Gasteiger partial charge in [-0.3, -0.25) is 4.79 Å². The Balaban J connectivity index is 2.12. The second-order valence-corrected chi connectivity index (χ2v) is 5.45. The number of nitriles is 1. The Bertz CT molecular complexity index is 799. The molecule has 6 heteroatoms. The predicted octanol–water partition coefficient (Wildman–Crippen LogP) is 4.12. The van der Waals surface area contributed by atoms with E-state index >= 15 is 0 Å². The molecule has 116 valence electrons. The van der Waals surface area contributed by atoms with E-state index in [0.29, 0.717) is 6.07 Å². The lowest BCUT2D eigenvalue weighted by molar-refractivity contribution is -0.116. The zero-order valence-electron chi connectivity index (χ0n) is 11.8. The third-order valence-electron chi connectivity index (χ3n) is 3.01. The zero-order valence-corrected chi connectivity index (χ0v) is 13.3. The van der Waals surface area contributed by atoms with Crippen LogP contribution in [0, 0.1) is 23.0 Å². The maximum absolute atomic E-state index is 13.7. The molecule has 0 fully saturated rings. The summed E-state index contributed by atoms with van der Waals surface area (Å²) in [5, 5.41) is 11.5. The maximum Gasteiger partial charge on any atom is 0.245 e. The molecule has 2 aromatic rings. The van der Waals surface area contributed by atoms with Gasteiger partial charge in [-0.1, -0.05) is 40.2 Å². The number of rotatable bonds is 4. The van der Waals surface area contributed by atoms with Crippen LogP contribution < -0.4 is 5.32 Å². The van der Waals surface area contributed by atoms with Crippen molar-refractivity contribution >= 4 is 27.9 Å². The summed E-state index contributed by atoms with van der Waals surface area (Å²) in [4.78, 5) is 11.9. The van der Waals surface area contributed by atoms with Gasteiger partial charge in [-0.25, -0.2) is 8.78 Å². The summed E-state index contributed by atoms with van der Waals surface area (Å²) in [6, 6.07) is 10.7. The van der Waals surface area contributed by atoms with Crippen LogP contribution in [0.15, 0.2) is 53.0 Å². The fraction of sp³-hybridized carbons (Fsp3) is 0.0588. The third kappa shape index (κ3) is 4.47. The van der Waals surface area contributed by atoms with E-state index in [1.165, 1.54) is 6.08 Å². The van der Waals surface area contributed by atoms with Gasteiger partial charge in [-0.2, -0.15) is 5.26 Å². The molecule has 1 atom stereocenters. The van der Waals surface area contributed by atoms with Crippen molar-refractivity contribution < 1.29 is 13.6 Å². The molecule has 1 unspecified atom stereocenters. The van der Waals surface area contributed by atoms with Gasteiger partial charge in [0.15, 0.2) is 0 Å². The van der Waals surface area contributed by atoms with Crippen molar-refractivity contribution in [2.75, 3.05) is 0 Å². The lowest BCUT2D eigenvalue weighted by Crippen LogP contribution is -2.26. The van der Waals surface area contributed by atoms with Gasteiger partial charge in [0.05, 0.1) is 6.07 Å². The van der Waals surface area contributed by atoms with Crippen LogP contribution in [0.1, 0.15) is 17.2 Å². The van der Waals surface area contributed by atoms with Gasteiger partial charge in [0.2, 0.25) is 5.91 Å². The number of hydrogen-bond acceptors (Lipinski definition) is 2. The van der Waals surface area contributed by atoms with Gasteiger partial charge in [0.1, 0.15) is 17.7 Å². The summed E-state index contributed by atoms with van der Waals surface area (Å²) in [5.74, 6) is -2.19. The average Bonchev–Trinajstić information content (AvgIpc) is 2.52. The van der Waals surface area contributed by atoms with Crippen molar-refractivity contribution in [1.82, 2.24) is 5.32 Å². The predicted molar refractivity (Wildman–Crippen MR) is 86.0 cm³/mol. The molecule has 3 nitrogen and oxygen atoms in total. The van der Waals surface area contributed by atoms with E-state index in [9.17, 15) is 13.6 Å². The minimum Gasteiger partial charge on any atom is -0.333 e. The monoisotopic (exact) mass is 376 g/mol. The van der Waals surface area contributed by atoms with Gasteiger partial charge >= 0.3 is 0 Å². The summed E-state index contributed by atoms with van der Waals surface area (Å²) in [6.07, 6.45) is 2.81. The van der Waals surface area contributed by atoms with Crippen molar-refractivity contribution in [3.8, 4) is 6.07 Å². The number of nitrogens with one attached hydrogen (secondary N) is 1. The van der Waals surface area contributed by atoms with Crippen LogP contribution >= 0.6 is 15.9 Å². The molecule has 0 aliphatic carbocycles. The quantitative estimate of drug-likeness (QED) is 0.815. The highest BCUT2D eigenvalue weighted by atomic mass is 79.9. The van der Waals surface area contributed by atoms with Crippen molar-refractivity contribution in [2.45, 2.75) is 6.04 Å². The SMILES string of the molecule is N#CC(NC(=O)/C=C/c1ccccc1Br)c1ccc(F)cc1F. The Kier molecular flexibility index (Phi) is 5.61. The van der Waals surface area contributed by atoms with Gasteiger partial charge in [0, 0.05) is 22.2 Å². The molecular formula is C17H11BrF2N2O. The van der Waals surface area contributed by atoms with Crippen LogP contribution in [0.25, 0.3) is 6.08 Å². The number of benzene rings is 2. The molecule has 0 radical (unpaired) electrons. The zero-order chi connectivity index (χ0) is 16.8. The number of carbonyl (C=O) groups is 1. The van der Waals surface area contributed by atoms with E-state index in [2.05, 4.69) is 21.2 Å². The largest absolute Gasteiger partial charge is 0.333 e. The molecule has 0 aromatic heterocycles. The summed E-state index contributed by atoms with van der Waals surface area (Å²) >= 11 is 3.34. The first kappa shape index (κ1) is 16.8. The third-order valence-corrected chi connectivity index (χ3v) is 3.73. The number of nitrogens with zero attached hydrogens (tertiary/aromatic N) is 1. The fourth-order valence-electron chi connectivity index (χ4n) is 1.88. The van der Waals surface area contributed by atoms with Gasteiger partial charge in [-0.05, 0) is 23.8 Å². The van der Waals surface area contributed by atoms with E-state index in [4.69, 9.17) is 5.26 Å². The Morgan fingerprint density at radius 1 is 1.26 bits per heavy atom. The fourth-order valence-corrected chi connectivity index (χ4v) is 2.30. The van der Waals surface area contributed by atoms with Gasteiger partial charge in [0.25, 0.3) is 0 Å². The topological polar surface area (TPSA) is 52.9 Å². The number of halogens is 3. The summed E-state index contributed by atoms with van der Waals surface area (Å²) in [5.41, 5.74) is 0.695. The lowest BCUT2D eigenvalue weighted by Gasteiger charge is -2.11. The average molecular weight is 377 g/mol. The van der Waals surface area contributed by atoms with Crippen molar-refractivity contribution in [1.29, 1.82) is 5.26 Å². The van der Waals surface area contributed by atoms with E-state index in [1.54, 1.807) is 18.2 Å². The van der Waals surface area contributed by atoms with E-state index in [0.717, 1.165) is 22.2 Å². The van der Waals surface area contributed by atoms with Gasteiger partial charge in [-0.15, -0.1) is 0 Å². The maximum atomic E-state index is 13.7. The van der Waals surface area contributed by atoms with Crippen molar-refractivity contribution in [2.24, 2.45) is 0 Å². The molecule has 0 saturated carbocycles. The Morgan fingerprint density at radius 3 is 2.65 bits per heavy atom. The minimum atomic E-state index is -1.20. The van der Waals surface area contributed by atoms with Crippen LogP contribution in [0.4, 0.5) is 8.78 Å². The first-order valence-electron chi connectivity index (χ1n) is 6.59. The molecule has 23 heavy (non-hydrogen) atoms. The van der Waals surface area contributed by atoms with Crippen LogP contribution in [-0.4, -0.2) is 5.91 Å². The molecule has 1 amide bonds. The summed E-state index contributed by atoms with van der Waals surface area (Å²) in [6.45, 7) is 0. The smallest absolute Gasteiger partial charge is 0.245 e. The normalized spacial score (nSPS) is 11.9. The van der Waals surface area contributed by atoms with Crippen LogP contribution in [0.3, 0.4) is 0 Å². The summed E-state index contributed by atoms with van der Waals surface area (Å²) < 4.78 is 27.4. The molecule has 0 aliphatic rings. The van der Waals surface area contributed by atoms with Gasteiger partial charge < -0.3 is 5.32 Å². The number of amides is 1. The number of hydrogen-bond donors (Lipinski definition) is 1. The molecule has 1 N–H and O–H groups in total. The van der Waals surface area contributed by atoms with Crippen LogP contribution in [0.5, 0.6) is 0 Å². The van der Waals surface area contributed by atoms with E-state index in [-0.39, 0.29) is 5.56 Å². The molecule has 0 saturated heterocycles. The van der Waals surface area contributed by atoms with Crippen LogP contribution in [0.2, 0.25) is 0 Å². The molecule has 0 spiro atoms. The van der Waals surface area contributed by atoms with Crippen LogP contribution in [-0.2, 0) is 4.79 Å². The molecule has 2 aromatic carbocycles.